The first-order valence-corrected chi connectivity index (χ1v) is 11.1. The van der Waals surface area contributed by atoms with Crippen molar-refractivity contribution < 1.29 is 14.7 Å². The van der Waals surface area contributed by atoms with Gasteiger partial charge in [0.2, 0.25) is 5.82 Å². The number of anilines is 3. The highest BCUT2D eigenvalue weighted by molar-refractivity contribution is 6.01. The van der Waals surface area contributed by atoms with Crippen molar-refractivity contribution >= 4 is 29.1 Å². The Labute approximate surface area is 193 Å². The average Bonchev–Trinajstić information content (AvgIpc) is 3.54. The van der Waals surface area contributed by atoms with E-state index in [2.05, 4.69) is 53.2 Å². The summed E-state index contributed by atoms with van der Waals surface area (Å²) < 4.78 is 0. The quantitative estimate of drug-likeness (QED) is 0.519. The van der Waals surface area contributed by atoms with Crippen LogP contribution in [0.15, 0.2) is 30.6 Å². The lowest BCUT2D eigenvalue weighted by molar-refractivity contribution is -0.138. The van der Waals surface area contributed by atoms with Gasteiger partial charge in [0.25, 0.3) is 0 Å². The normalized spacial score (nSPS) is 16.9. The maximum absolute atomic E-state index is 12.8. The molecule has 9 heteroatoms. The Morgan fingerprint density at radius 2 is 1.79 bits per heavy atom. The Bertz CT molecular complexity index is 1040. The largest absolute Gasteiger partial charge is 0.481 e. The van der Waals surface area contributed by atoms with Crippen LogP contribution in [0.3, 0.4) is 0 Å². The molecule has 2 atom stereocenters. The second kappa shape index (κ2) is 10.3. The van der Waals surface area contributed by atoms with E-state index in [0.717, 1.165) is 24.3 Å². The number of carboxylic acids is 1. The van der Waals surface area contributed by atoms with Crippen LogP contribution in [0.1, 0.15) is 51.4 Å². The number of carboxylic acid groups (broad SMARTS) is 1. The number of rotatable bonds is 9. The molecule has 1 aliphatic rings. The summed E-state index contributed by atoms with van der Waals surface area (Å²) in [5.74, 6) is -0.363. The molecule has 1 saturated carbocycles. The second-order valence-corrected chi connectivity index (χ2v) is 9.24. The lowest BCUT2D eigenvalue weighted by Crippen LogP contribution is -2.32. The fourth-order valence-corrected chi connectivity index (χ4v) is 3.88. The first kappa shape index (κ1) is 24.0. The summed E-state index contributed by atoms with van der Waals surface area (Å²) in [4.78, 5) is 34.1. The van der Waals surface area contributed by atoms with Crippen LogP contribution in [0.5, 0.6) is 0 Å². The highest BCUT2D eigenvalue weighted by Gasteiger charge is 2.44. The Morgan fingerprint density at radius 3 is 2.30 bits per heavy atom. The van der Waals surface area contributed by atoms with Gasteiger partial charge in [0.05, 0.1) is 35.4 Å². The number of hydrogen-bond donors (Lipinski definition) is 3. The van der Waals surface area contributed by atoms with Gasteiger partial charge in [0, 0.05) is 13.1 Å². The van der Waals surface area contributed by atoms with E-state index in [1.807, 2.05) is 24.3 Å². The van der Waals surface area contributed by atoms with E-state index in [4.69, 9.17) is 5.26 Å². The van der Waals surface area contributed by atoms with Crippen molar-refractivity contribution in [3.05, 3.63) is 42.0 Å². The van der Waals surface area contributed by atoms with Crippen LogP contribution in [0, 0.1) is 29.1 Å². The maximum atomic E-state index is 12.8. The van der Waals surface area contributed by atoms with Gasteiger partial charge in [0.15, 0.2) is 0 Å². The van der Waals surface area contributed by atoms with Crippen molar-refractivity contribution in [3.8, 4) is 6.07 Å². The molecule has 1 heterocycles. The molecule has 3 N–H and O–H groups in total. The molecule has 1 aromatic carbocycles. The van der Waals surface area contributed by atoms with Crippen LogP contribution in [0.2, 0.25) is 0 Å². The molecule has 1 aromatic heterocycles. The number of urea groups is 1. The number of carbonyl (C=O) groups is 2. The summed E-state index contributed by atoms with van der Waals surface area (Å²) in [6.07, 6.45) is 3.34. The fourth-order valence-electron chi connectivity index (χ4n) is 3.88. The number of benzene rings is 1. The number of aromatic nitrogens is 2. The van der Waals surface area contributed by atoms with Crippen molar-refractivity contribution in [1.82, 2.24) is 9.97 Å². The molecule has 2 aromatic rings. The molecule has 0 radical (unpaired) electrons. The van der Waals surface area contributed by atoms with Crippen LogP contribution in [-0.2, 0) is 4.79 Å². The summed E-state index contributed by atoms with van der Waals surface area (Å²) in [6.45, 7) is 10.2. The van der Waals surface area contributed by atoms with Gasteiger partial charge >= 0.3 is 12.0 Å². The monoisotopic (exact) mass is 450 g/mol. The number of amides is 2. The molecule has 0 saturated heterocycles. The minimum Gasteiger partial charge on any atom is -0.481 e. The first-order valence-electron chi connectivity index (χ1n) is 11.1. The zero-order valence-corrected chi connectivity index (χ0v) is 19.4. The maximum Gasteiger partial charge on any atom is 0.323 e. The van der Waals surface area contributed by atoms with Crippen LogP contribution in [0.25, 0.3) is 0 Å². The molecule has 0 aliphatic heterocycles. The number of hydrogen-bond acceptors (Lipinski definition) is 6. The topological polar surface area (TPSA) is 131 Å². The minimum atomic E-state index is -0.793. The predicted molar refractivity (Wildman–Crippen MR) is 126 cm³/mol. The predicted octanol–water partition coefficient (Wildman–Crippen LogP) is 4.30. The van der Waals surface area contributed by atoms with Crippen LogP contribution < -0.4 is 15.5 Å². The minimum absolute atomic E-state index is 0.0198. The van der Waals surface area contributed by atoms with E-state index in [0.29, 0.717) is 29.6 Å². The van der Waals surface area contributed by atoms with Gasteiger partial charge in [-0.25, -0.2) is 14.8 Å². The third-order valence-corrected chi connectivity index (χ3v) is 5.33. The van der Waals surface area contributed by atoms with Gasteiger partial charge in [-0.15, -0.1) is 0 Å². The van der Waals surface area contributed by atoms with Crippen LogP contribution in [-0.4, -0.2) is 40.2 Å². The van der Waals surface area contributed by atoms with Gasteiger partial charge in [-0.05, 0) is 41.9 Å². The smallest absolute Gasteiger partial charge is 0.323 e. The summed E-state index contributed by atoms with van der Waals surface area (Å²) in [5, 5.41) is 23.8. The standard InChI is InChI=1S/C24H30N6O3/c1-14(2)12-30(13-15(3)4)21-6-5-16(18-8-19(18)23(31)32)7-20(21)29-24(33)28-17-10-26-22(9-25)27-11-17/h5-7,10-11,14-15,18-19H,8,12-13H2,1-4H3,(H,31,32)(H2,28,29,33)/t18-,19-/m0/s1. The number of aliphatic carboxylic acids is 1. The lowest BCUT2D eigenvalue weighted by atomic mass is 10.0. The third-order valence-electron chi connectivity index (χ3n) is 5.33. The summed E-state index contributed by atoms with van der Waals surface area (Å²) in [7, 11) is 0. The highest BCUT2D eigenvalue weighted by Crippen LogP contribution is 2.49. The Kier molecular flexibility index (Phi) is 7.48. The molecular weight excluding hydrogens is 420 g/mol. The summed E-state index contributed by atoms with van der Waals surface area (Å²) >= 11 is 0. The van der Waals surface area contributed by atoms with Crippen LogP contribution >= 0.6 is 0 Å². The average molecular weight is 451 g/mol. The Balaban J connectivity index is 1.88. The zero-order valence-electron chi connectivity index (χ0n) is 19.4. The molecule has 3 rings (SSSR count). The molecule has 9 nitrogen and oxygen atoms in total. The lowest BCUT2D eigenvalue weighted by Gasteiger charge is -2.30. The second-order valence-electron chi connectivity index (χ2n) is 9.24. The summed E-state index contributed by atoms with van der Waals surface area (Å²) in [5.41, 5.74) is 2.77. The number of nitriles is 1. The van der Waals surface area contributed by atoms with Crippen molar-refractivity contribution in [2.45, 2.75) is 40.0 Å². The number of carbonyl (C=O) groups excluding carboxylic acids is 1. The number of nitrogens with zero attached hydrogens (tertiary/aromatic N) is 4. The van der Waals surface area contributed by atoms with Crippen molar-refractivity contribution in [2.24, 2.45) is 17.8 Å². The molecule has 1 aliphatic carbocycles. The van der Waals surface area contributed by atoms with Crippen molar-refractivity contribution in [2.75, 3.05) is 28.6 Å². The molecule has 0 spiro atoms. The molecule has 174 valence electrons. The molecule has 0 unspecified atom stereocenters. The first-order chi connectivity index (χ1) is 15.7. The van der Waals surface area contributed by atoms with E-state index in [9.17, 15) is 14.7 Å². The van der Waals surface area contributed by atoms with E-state index in [-0.39, 0.29) is 17.7 Å². The van der Waals surface area contributed by atoms with Crippen molar-refractivity contribution in [3.63, 3.8) is 0 Å². The number of nitrogens with one attached hydrogen (secondary N) is 2. The third kappa shape index (κ3) is 6.42. The van der Waals surface area contributed by atoms with Gasteiger partial charge in [-0.2, -0.15) is 5.26 Å². The van der Waals surface area contributed by atoms with Gasteiger partial charge in [0.1, 0.15) is 6.07 Å². The summed E-state index contributed by atoms with van der Waals surface area (Å²) in [6, 6.07) is 7.18. The van der Waals surface area contributed by atoms with E-state index >= 15 is 0 Å². The van der Waals surface area contributed by atoms with Gasteiger partial charge < -0.3 is 20.6 Å². The van der Waals surface area contributed by atoms with E-state index in [1.54, 1.807) is 0 Å². The van der Waals surface area contributed by atoms with Crippen LogP contribution in [0.4, 0.5) is 21.9 Å². The fraction of sp³-hybridized carbons (Fsp3) is 0.458. The van der Waals surface area contributed by atoms with Gasteiger partial charge in [-0.3, -0.25) is 4.79 Å². The highest BCUT2D eigenvalue weighted by atomic mass is 16.4. The molecule has 33 heavy (non-hydrogen) atoms. The molecule has 0 bridgehead atoms. The Hall–Kier alpha value is -3.67. The molecular formula is C24H30N6O3. The molecule has 2 amide bonds. The van der Waals surface area contributed by atoms with Crippen molar-refractivity contribution in [1.29, 1.82) is 5.26 Å². The Morgan fingerprint density at radius 1 is 1.15 bits per heavy atom. The SMILES string of the molecule is CC(C)CN(CC(C)C)c1ccc([C@@H]2C[C@@H]2C(=O)O)cc1NC(=O)Nc1cnc(C#N)nc1. The molecule has 1 fully saturated rings. The van der Waals surface area contributed by atoms with Gasteiger partial charge in [-0.1, -0.05) is 33.8 Å². The van der Waals surface area contributed by atoms with E-state index in [1.165, 1.54) is 12.4 Å². The zero-order chi connectivity index (χ0) is 24.1. The van der Waals surface area contributed by atoms with E-state index < -0.39 is 12.0 Å².